The minimum absolute atomic E-state index is 0. The van der Waals surface area contributed by atoms with Gasteiger partial charge in [0.25, 0.3) is 11.8 Å². The van der Waals surface area contributed by atoms with Crippen molar-refractivity contribution in [2.75, 3.05) is 77.3 Å². The number of Topliss-reactive ketones (excluding diaryl/α,β-unsaturated/α-hetero) is 4. The molecule has 58 heteroatoms. The SMILES string of the molecule is C.CC(=O)NC1C(OC2C(CO)OC(OP(=O)(O)OC[C@@H](C)C(=O)O)C(NC(C)=O)C2O[C@H](C)C(=O)CC[C@@H](CCCCNC(=O)C2=C(SCCN=CN)C[C@@H]3[C@@H]([C@@H](C)O)C(=O)N23)C(C)=O)OC(CO)C(O)C1O.CC(=O)NC1C(OP(=O)(O)OC[C@@H](C)C(=O)O)OC(CO)C(OC2OC(CO)C(O)C(O[C@H](C)C(=O)CC[C@@H](CCCCNC(=O)C3=C(SCCN=CN)C[C@@H]4[C@@H]([C@@H](C)O)C(=O)N34)C(C)=O)C2NC(C)=O)C1O. The van der Waals surface area contributed by atoms with E-state index >= 15 is 0 Å². The number of nitrogens with zero attached hydrogens (tertiary/aromatic N) is 4. The van der Waals surface area contributed by atoms with Gasteiger partial charge in [-0.05, 0) is 93.9 Å². The number of nitrogens with two attached hydrogens (primary N) is 2. The van der Waals surface area contributed by atoms with Crippen LogP contribution in [0.25, 0.3) is 0 Å². The van der Waals surface area contributed by atoms with Gasteiger partial charge in [-0.2, -0.15) is 0 Å². The normalized spacial score (nSPS) is 30.4. The first kappa shape index (κ1) is 128. The van der Waals surface area contributed by atoms with Crippen LogP contribution in [0, 0.1) is 35.5 Å². The van der Waals surface area contributed by atoms with E-state index in [1.807, 2.05) is 0 Å². The lowest BCUT2D eigenvalue weighted by Crippen LogP contribution is -2.70. The predicted octanol–water partition coefficient (Wildman–Crippen LogP) is -4.26. The first-order chi connectivity index (χ1) is 68.7. The molecule has 8 aliphatic rings. The van der Waals surface area contributed by atoms with Crippen LogP contribution >= 0.6 is 39.2 Å². The van der Waals surface area contributed by atoms with Crippen molar-refractivity contribution in [1.29, 1.82) is 0 Å². The van der Waals surface area contributed by atoms with Gasteiger partial charge in [0.2, 0.25) is 35.4 Å². The van der Waals surface area contributed by atoms with Crippen LogP contribution in [-0.4, -0.2) is 412 Å². The fourth-order valence-corrected chi connectivity index (χ4v) is 21.7. The Balaban J connectivity index is 0.000000446. The maximum Gasteiger partial charge on any atom is 0.474 e. The van der Waals surface area contributed by atoms with Gasteiger partial charge in [-0.15, -0.1) is 23.5 Å². The van der Waals surface area contributed by atoms with Crippen molar-refractivity contribution in [3.05, 3.63) is 21.2 Å². The number of rotatable bonds is 60. The van der Waals surface area contributed by atoms with Gasteiger partial charge in [-0.25, -0.2) is 9.13 Å². The number of amides is 8. The van der Waals surface area contributed by atoms with Crippen LogP contribution in [0.15, 0.2) is 31.2 Å². The largest absolute Gasteiger partial charge is 0.481 e. The van der Waals surface area contributed by atoms with E-state index in [0.717, 1.165) is 27.7 Å². The number of carboxylic acids is 2. The van der Waals surface area contributed by atoms with Crippen LogP contribution in [0.2, 0.25) is 0 Å². The third kappa shape index (κ3) is 35.5. The Hall–Kier alpha value is -8.00. The average Bonchev–Trinajstić information content (AvgIpc) is 1.57. The van der Waals surface area contributed by atoms with Gasteiger partial charge >= 0.3 is 27.6 Å². The van der Waals surface area contributed by atoms with Crippen molar-refractivity contribution in [2.45, 2.75) is 327 Å². The number of fused-ring (bicyclic) bond motifs is 2. The summed E-state index contributed by atoms with van der Waals surface area (Å²) in [4.78, 5) is 212. The highest BCUT2D eigenvalue weighted by atomic mass is 32.2. The van der Waals surface area contributed by atoms with Crippen molar-refractivity contribution in [3.63, 3.8) is 0 Å². The number of hydrogen-bond acceptors (Lipinski definition) is 42. The van der Waals surface area contributed by atoms with Gasteiger partial charge in [-0.1, -0.05) is 20.3 Å². The van der Waals surface area contributed by atoms with E-state index in [2.05, 4.69) is 41.9 Å². The number of ketones is 4. The van der Waals surface area contributed by atoms with E-state index in [1.54, 1.807) is 6.92 Å². The van der Waals surface area contributed by atoms with Crippen molar-refractivity contribution in [1.82, 2.24) is 41.7 Å². The Kier molecular flexibility index (Phi) is 52.0. The molecule has 836 valence electrons. The number of carboxylic acid groups (broad SMARTS) is 2. The molecule has 24 N–H and O–H groups in total. The molecule has 0 aromatic rings. The summed E-state index contributed by atoms with van der Waals surface area (Å²) in [5, 5.41) is 140. The molecule has 0 aliphatic carbocycles. The van der Waals surface area contributed by atoms with E-state index in [-0.39, 0.29) is 93.1 Å². The smallest absolute Gasteiger partial charge is 0.474 e. The van der Waals surface area contributed by atoms with Crippen molar-refractivity contribution < 1.29 is 203 Å². The Morgan fingerprint density at radius 2 is 0.823 bits per heavy atom. The van der Waals surface area contributed by atoms with Gasteiger partial charge in [0.1, 0.15) is 133 Å². The van der Waals surface area contributed by atoms with Gasteiger partial charge < -0.3 is 162 Å². The molecule has 0 aromatic heterocycles. The Morgan fingerprint density at radius 3 is 1.20 bits per heavy atom. The molecular formula is C89H146N12O42P2S2. The third-order valence-electron chi connectivity index (χ3n) is 25.6. The topological polar surface area (TPSA) is 823 Å². The van der Waals surface area contributed by atoms with Crippen LogP contribution in [0.5, 0.6) is 0 Å². The number of β-lactam (4-membered cyclic amide) rings is 2. The molecule has 0 aromatic carbocycles. The van der Waals surface area contributed by atoms with Crippen molar-refractivity contribution in [3.8, 4) is 0 Å². The van der Waals surface area contributed by atoms with Crippen LogP contribution in [-0.2, 0) is 132 Å². The van der Waals surface area contributed by atoms with E-state index in [1.165, 1.54) is 94.5 Å². The number of aliphatic imine (C=N–C) groups is 2. The summed E-state index contributed by atoms with van der Waals surface area (Å²) in [5.74, 6) is -12.8. The molecule has 6 fully saturated rings. The van der Waals surface area contributed by atoms with E-state index < -0.39 is 297 Å². The fraction of sp³-hybridized carbons (Fsp3) is 0.775. The number of thioether (sulfide) groups is 2. The maximum atomic E-state index is 13.9. The molecule has 0 radical (unpaired) electrons. The molecule has 54 nitrogen and oxygen atoms in total. The molecule has 8 rings (SSSR count). The van der Waals surface area contributed by atoms with Crippen molar-refractivity contribution in [2.24, 2.45) is 57.0 Å². The highest BCUT2D eigenvalue weighted by molar-refractivity contribution is 8.03. The number of unbranched alkanes of at least 4 members (excludes halogenated alkanes) is 2. The zero-order chi connectivity index (χ0) is 109. The number of aliphatic hydroxyl groups excluding tert-OH is 10. The second-order valence-corrected chi connectivity index (χ2v) is 41.8. The van der Waals surface area contributed by atoms with Gasteiger partial charge in [-0.3, -0.25) is 95.2 Å². The lowest BCUT2D eigenvalue weighted by molar-refractivity contribution is -0.331. The van der Waals surface area contributed by atoms with Gasteiger partial charge in [0.05, 0.1) is 113 Å². The lowest BCUT2D eigenvalue weighted by atomic mass is 9.83. The van der Waals surface area contributed by atoms with E-state index in [0.29, 0.717) is 85.8 Å². The Bertz CT molecular complexity index is 4700. The van der Waals surface area contributed by atoms with Crippen molar-refractivity contribution >= 4 is 134 Å². The second kappa shape index (κ2) is 59.9. The number of nitrogens with one attached hydrogen (secondary N) is 6. The average molecular weight is 2180 g/mol. The minimum atomic E-state index is -5.26. The number of aliphatic hydroxyl groups is 10. The van der Waals surface area contributed by atoms with E-state index in [9.17, 15) is 142 Å². The molecule has 6 saturated heterocycles. The maximum absolute atomic E-state index is 13.9. The number of ether oxygens (including phenoxy) is 8. The van der Waals surface area contributed by atoms with Crippen LogP contribution < -0.4 is 43.4 Å². The first-order valence-electron chi connectivity index (χ1n) is 47.8. The van der Waals surface area contributed by atoms with Gasteiger partial charge in [0, 0.05) is 99.6 Å². The minimum Gasteiger partial charge on any atom is -0.481 e. The number of hydrogen-bond donors (Lipinski definition) is 22. The van der Waals surface area contributed by atoms with E-state index in [4.69, 9.17) is 72.6 Å². The fourth-order valence-electron chi connectivity index (χ4n) is 17.8. The predicted molar refractivity (Wildman–Crippen MR) is 515 cm³/mol. The molecular weight excluding hydrogens is 2040 g/mol. The Morgan fingerprint density at radius 1 is 0.476 bits per heavy atom. The lowest BCUT2D eigenvalue weighted by Gasteiger charge is -2.49. The van der Waals surface area contributed by atoms with Crippen LogP contribution in [0.1, 0.15) is 168 Å². The summed E-state index contributed by atoms with van der Waals surface area (Å²) in [6, 6.07) is -7.19. The quantitative estimate of drug-likeness (QED) is 0.00901. The monoisotopic (exact) mass is 2180 g/mol. The second-order valence-electron chi connectivity index (χ2n) is 36.6. The summed E-state index contributed by atoms with van der Waals surface area (Å²) in [6.45, 7) is 11.1. The number of phosphoric ester groups is 2. The molecule has 0 bridgehead atoms. The molecule has 8 aliphatic heterocycles. The summed E-state index contributed by atoms with van der Waals surface area (Å²) in [5.41, 5.74) is 11.2. The number of phosphoric acid groups is 2. The number of aliphatic carboxylic acids is 2. The summed E-state index contributed by atoms with van der Waals surface area (Å²) < 4.78 is 93.7. The highest BCUT2D eigenvalue weighted by Crippen LogP contribution is 2.52. The van der Waals surface area contributed by atoms with Crippen LogP contribution in [0.4, 0.5) is 0 Å². The summed E-state index contributed by atoms with van der Waals surface area (Å²) >= 11 is 2.79. The molecule has 22 unspecified atom stereocenters. The summed E-state index contributed by atoms with van der Waals surface area (Å²) in [7, 11) is -10.4. The molecule has 0 saturated carbocycles. The zero-order valence-electron chi connectivity index (χ0n) is 82.9. The molecule has 34 atom stereocenters. The molecule has 147 heavy (non-hydrogen) atoms. The Labute approximate surface area is 857 Å². The zero-order valence-corrected chi connectivity index (χ0v) is 86.4. The molecule has 0 spiro atoms. The first-order valence-corrected chi connectivity index (χ1v) is 52.7. The standard InChI is InChI=1S/2C44H71N6O21PS.CH4/c1-20(42(62)63)18-66-72(64,65)71-44-33(48-24(5)55)37(59)38(30(17-52)69-44)70-43-34(49-25(6)56)39(36(58)29(16-51)68-43)67-23(4)28(57)11-10-26(21(2)53)9-7-8-12-47-40(60)35-31(73-14-13-46-19-45)15-27-32(22(3)54)41(61)50(27)35;1-20(42(62)63)18-66-72(64,65)71-44-34(49-25(6)56)39(38(30(17-52)69-44)70-43-33(48-24(5)55)37(59)36(58)29(16-51)68-43)67-23(4)28(57)11-10-26(21(2)53)9-7-8-12-47-40(60)35-31(73-14-13-46-19-45)15-27-32(22(3)54)41(61)50(27)35;/h2*19-20,22-23,26-27,29-30,32-34,36-39,43-44,51-52,54,58-59H,7-18H2,1-6H3,(H2,45,46)(H,47,60)(H,48,55)(H,49,56)(H,62,63)(H,64,65);1H4/t2*20-,22-,23-,26-,27-,29?,30?,32-,33?,34?,36?,37?,38?,39?,43?,44?;/m11./s1. The van der Waals surface area contributed by atoms with Gasteiger partial charge in [0.15, 0.2) is 36.7 Å². The number of carbonyl (C=O) groups excluding carboxylic acids is 12. The highest BCUT2D eigenvalue weighted by Gasteiger charge is 2.61. The number of carbonyl (C=O) groups is 14. The molecule has 8 amide bonds. The summed E-state index contributed by atoms with van der Waals surface area (Å²) in [6.07, 6.45) is -27.0. The molecule has 8 heterocycles. The van der Waals surface area contributed by atoms with Crippen LogP contribution in [0.3, 0.4) is 0 Å². The third-order valence-corrected chi connectivity index (χ3v) is 29.7.